The lowest BCUT2D eigenvalue weighted by Crippen LogP contribution is -2.18. The number of carbonyl (C=O) groups is 2. The number of benzene rings is 2. The molecular weight excluding hydrogens is 444 g/mol. The van der Waals surface area contributed by atoms with E-state index in [4.69, 9.17) is 9.26 Å². The maximum absolute atomic E-state index is 13.0. The van der Waals surface area contributed by atoms with Gasteiger partial charge in [-0.05, 0) is 57.5 Å². The molecule has 0 bridgehead atoms. The van der Waals surface area contributed by atoms with Gasteiger partial charge in [0.15, 0.2) is 15.6 Å². The summed E-state index contributed by atoms with van der Waals surface area (Å²) in [4.78, 5) is 24.4. The highest BCUT2D eigenvalue weighted by Gasteiger charge is 2.21. The fraction of sp³-hybridized carbons (Fsp3) is 0.292. The first-order valence-corrected chi connectivity index (χ1v) is 12.1. The third-order valence-corrected chi connectivity index (χ3v) is 7.05. The Morgan fingerprint density at radius 3 is 2.52 bits per heavy atom. The largest absolute Gasteiger partial charge is 0.462 e. The van der Waals surface area contributed by atoms with Gasteiger partial charge in [0, 0.05) is 23.2 Å². The minimum atomic E-state index is -3.74. The Bertz CT molecular complexity index is 1290. The molecule has 1 amide bonds. The van der Waals surface area contributed by atoms with Crippen molar-refractivity contribution >= 4 is 27.4 Å². The number of nitrogens with one attached hydrogen (secondary N) is 1. The Kier molecular flexibility index (Phi) is 7.33. The fourth-order valence-electron chi connectivity index (χ4n) is 3.26. The van der Waals surface area contributed by atoms with Crippen LogP contribution in [0.1, 0.15) is 40.5 Å². The van der Waals surface area contributed by atoms with Crippen LogP contribution in [0.2, 0.25) is 0 Å². The SMILES string of the molecule is CCOC(=O)c1cccc(NC(=O)CCS(=O)(=O)c2cc(-c3onc(C)c3C)ccc2C)c1. The number of aryl methyl sites for hydroxylation is 2. The lowest BCUT2D eigenvalue weighted by atomic mass is 10.1. The van der Waals surface area contributed by atoms with Crippen LogP contribution in [0.5, 0.6) is 0 Å². The van der Waals surface area contributed by atoms with E-state index in [0.29, 0.717) is 28.1 Å². The van der Waals surface area contributed by atoms with E-state index in [0.717, 1.165) is 11.3 Å². The quantitative estimate of drug-likeness (QED) is 0.489. The third-order valence-electron chi connectivity index (χ3n) is 5.20. The number of anilines is 1. The molecule has 0 saturated carbocycles. The summed E-state index contributed by atoms with van der Waals surface area (Å²) in [5, 5.41) is 6.56. The van der Waals surface area contributed by atoms with Crippen LogP contribution in [0.25, 0.3) is 11.3 Å². The lowest BCUT2D eigenvalue weighted by molar-refractivity contribution is -0.115. The number of amides is 1. The molecule has 0 saturated heterocycles. The Morgan fingerprint density at radius 2 is 1.85 bits per heavy atom. The number of aromatic nitrogens is 1. The van der Waals surface area contributed by atoms with E-state index in [-0.39, 0.29) is 23.7 Å². The van der Waals surface area contributed by atoms with Crippen molar-refractivity contribution in [1.29, 1.82) is 0 Å². The highest BCUT2D eigenvalue weighted by Crippen LogP contribution is 2.29. The van der Waals surface area contributed by atoms with Crippen molar-refractivity contribution in [1.82, 2.24) is 5.16 Å². The predicted octanol–water partition coefficient (Wildman–Crippen LogP) is 4.25. The molecule has 174 valence electrons. The van der Waals surface area contributed by atoms with Gasteiger partial charge in [-0.25, -0.2) is 13.2 Å². The van der Waals surface area contributed by atoms with Gasteiger partial charge in [-0.15, -0.1) is 0 Å². The van der Waals surface area contributed by atoms with E-state index in [9.17, 15) is 18.0 Å². The summed E-state index contributed by atoms with van der Waals surface area (Å²) in [6, 6.07) is 11.3. The highest BCUT2D eigenvalue weighted by atomic mass is 32.2. The molecule has 8 nitrogen and oxygen atoms in total. The normalized spacial score (nSPS) is 11.3. The van der Waals surface area contributed by atoms with Crippen LogP contribution >= 0.6 is 0 Å². The minimum absolute atomic E-state index is 0.144. The Hall–Kier alpha value is -3.46. The number of esters is 1. The average Bonchev–Trinajstić information content (AvgIpc) is 3.11. The molecule has 33 heavy (non-hydrogen) atoms. The van der Waals surface area contributed by atoms with E-state index >= 15 is 0 Å². The first-order chi connectivity index (χ1) is 15.6. The molecule has 3 aromatic rings. The summed E-state index contributed by atoms with van der Waals surface area (Å²) in [6.45, 7) is 7.32. The lowest BCUT2D eigenvalue weighted by Gasteiger charge is -2.10. The highest BCUT2D eigenvalue weighted by molar-refractivity contribution is 7.91. The molecule has 0 radical (unpaired) electrons. The summed E-state index contributed by atoms with van der Waals surface area (Å²) in [5.74, 6) is -0.822. The van der Waals surface area contributed by atoms with Crippen LogP contribution in [-0.4, -0.2) is 37.8 Å². The van der Waals surface area contributed by atoms with E-state index in [1.54, 1.807) is 50.2 Å². The van der Waals surface area contributed by atoms with E-state index in [1.165, 1.54) is 6.07 Å². The minimum Gasteiger partial charge on any atom is -0.462 e. The molecule has 0 aliphatic carbocycles. The van der Waals surface area contributed by atoms with Gasteiger partial charge < -0.3 is 14.6 Å². The zero-order valence-electron chi connectivity index (χ0n) is 19.0. The molecule has 0 aliphatic rings. The first kappa shape index (κ1) is 24.2. The molecule has 0 fully saturated rings. The summed E-state index contributed by atoms with van der Waals surface area (Å²) in [5.41, 5.74) is 3.45. The van der Waals surface area contributed by atoms with E-state index in [2.05, 4.69) is 10.5 Å². The van der Waals surface area contributed by atoms with Crippen LogP contribution in [0, 0.1) is 20.8 Å². The number of ether oxygens (including phenoxy) is 1. The zero-order chi connectivity index (χ0) is 24.2. The van der Waals surface area contributed by atoms with Crippen molar-refractivity contribution in [2.75, 3.05) is 17.7 Å². The predicted molar refractivity (Wildman–Crippen MR) is 124 cm³/mol. The molecule has 0 spiro atoms. The zero-order valence-corrected chi connectivity index (χ0v) is 19.8. The number of rotatable bonds is 8. The third kappa shape index (κ3) is 5.67. The maximum Gasteiger partial charge on any atom is 0.338 e. The summed E-state index contributed by atoms with van der Waals surface area (Å²) < 4.78 is 36.3. The molecule has 1 heterocycles. The molecule has 3 rings (SSSR count). The standard InChI is InChI=1S/C24H26N2O6S/c1-5-31-24(28)19-7-6-8-20(13-19)25-22(27)11-12-33(29,30)21-14-18(10-9-15(21)2)23-16(3)17(4)26-32-23/h6-10,13-14H,5,11-12H2,1-4H3,(H,25,27). The van der Waals surface area contributed by atoms with Crippen LogP contribution in [-0.2, 0) is 19.4 Å². The molecule has 0 atom stereocenters. The van der Waals surface area contributed by atoms with Crippen molar-refractivity contribution in [2.45, 2.75) is 39.0 Å². The van der Waals surface area contributed by atoms with Crippen molar-refractivity contribution in [3.8, 4) is 11.3 Å². The Balaban J connectivity index is 1.72. The average molecular weight is 471 g/mol. The van der Waals surface area contributed by atoms with Crippen molar-refractivity contribution in [3.63, 3.8) is 0 Å². The van der Waals surface area contributed by atoms with E-state index in [1.807, 2.05) is 13.8 Å². The molecule has 2 aromatic carbocycles. The van der Waals surface area contributed by atoms with E-state index < -0.39 is 21.7 Å². The first-order valence-electron chi connectivity index (χ1n) is 10.5. The number of hydrogen-bond donors (Lipinski definition) is 1. The molecule has 0 aliphatic heterocycles. The molecule has 1 aromatic heterocycles. The van der Waals surface area contributed by atoms with Gasteiger partial charge in [-0.1, -0.05) is 23.4 Å². The van der Waals surface area contributed by atoms with Gasteiger partial charge in [0.2, 0.25) is 5.91 Å². The van der Waals surface area contributed by atoms with Crippen molar-refractivity contribution < 1.29 is 27.3 Å². The summed E-state index contributed by atoms with van der Waals surface area (Å²) in [6.07, 6.45) is -0.240. The monoisotopic (exact) mass is 470 g/mol. The van der Waals surface area contributed by atoms with Crippen molar-refractivity contribution in [3.05, 3.63) is 64.8 Å². The second kappa shape index (κ2) is 9.99. The van der Waals surface area contributed by atoms with Crippen LogP contribution in [0.15, 0.2) is 51.9 Å². The number of sulfone groups is 1. The second-order valence-electron chi connectivity index (χ2n) is 7.62. The van der Waals surface area contributed by atoms with Crippen LogP contribution < -0.4 is 5.32 Å². The molecule has 0 unspecified atom stereocenters. The molecule has 9 heteroatoms. The number of nitrogens with zero attached hydrogens (tertiary/aromatic N) is 1. The maximum atomic E-state index is 13.0. The van der Waals surface area contributed by atoms with Gasteiger partial charge in [-0.3, -0.25) is 4.79 Å². The molecule has 1 N–H and O–H groups in total. The van der Waals surface area contributed by atoms with Crippen molar-refractivity contribution in [2.24, 2.45) is 0 Å². The van der Waals surface area contributed by atoms with Gasteiger partial charge >= 0.3 is 5.97 Å². The van der Waals surface area contributed by atoms with Crippen LogP contribution in [0.3, 0.4) is 0 Å². The topological polar surface area (TPSA) is 116 Å². The van der Waals surface area contributed by atoms with Gasteiger partial charge in [-0.2, -0.15) is 0 Å². The Labute approximate surface area is 192 Å². The molecular formula is C24H26N2O6S. The van der Waals surface area contributed by atoms with Gasteiger partial charge in [0.25, 0.3) is 0 Å². The fourth-order valence-corrected chi connectivity index (χ4v) is 4.80. The summed E-state index contributed by atoms with van der Waals surface area (Å²) >= 11 is 0. The number of hydrogen-bond acceptors (Lipinski definition) is 7. The number of carbonyl (C=O) groups excluding carboxylic acids is 2. The van der Waals surface area contributed by atoms with Crippen LogP contribution in [0.4, 0.5) is 5.69 Å². The van der Waals surface area contributed by atoms with Gasteiger partial charge in [0.1, 0.15) is 0 Å². The summed E-state index contributed by atoms with van der Waals surface area (Å²) in [7, 11) is -3.74. The Morgan fingerprint density at radius 1 is 1.09 bits per heavy atom. The van der Waals surface area contributed by atoms with Gasteiger partial charge in [0.05, 0.1) is 28.5 Å². The smallest absolute Gasteiger partial charge is 0.338 e. The second-order valence-corrected chi connectivity index (χ2v) is 9.70.